The first-order valence-electron chi connectivity index (χ1n) is 14.3. The number of unbranched alkanes of at least 4 members (excludes halogenated alkanes) is 4. The molecule has 0 rings (SSSR count). The molecule has 0 fully saturated rings. The third-order valence-electron chi connectivity index (χ3n) is 6.18. The molecule has 0 aromatic rings. The van der Waals surface area contributed by atoms with Gasteiger partial charge < -0.3 is 24.7 Å². The van der Waals surface area contributed by atoms with E-state index in [4.69, 9.17) is 33.2 Å². The summed E-state index contributed by atoms with van der Waals surface area (Å²) in [6, 6.07) is 0. The molecule has 0 aliphatic heterocycles. The molecule has 0 saturated carbocycles. The van der Waals surface area contributed by atoms with Gasteiger partial charge in [0.05, 0.1) is 19.1 Å². The van der Waals surface area contributed by atoms with Crippen LogP contribution >= 0.6 is 15.6 Å². The van der Waals surface area contributed by atoms with E-state index in [0.29, 0.717) is 11.8 Å². The molecule has 2 atom stereocenters. The lowest BCUT2D eigenvalue weighted by atomic mass is 9.82. The van der Waals surface area contributed by atoms with Gasteiger partial charge in [0.2, 0.25) is 0 Å². The molecule has 0 aliphatic carbocycles. The second-order valence-corrected chi connectivity index (χ2v) is 12.2. The van der Waals surface area contributed by atoms with Crippen molar-refractivity contribution in [3.05, 3.63) is 0 Å². The molecule has 0 amide bonds. The van der Waals surface area contributed by atoms with Crippen LogP contribution in [-0.4, -0.2) is 43.9 Å². The molecule has 0 saturated heterocycles. The second kappa shape index (κ2) is 26.9. The number of carbonyl (C=O) groups is 1. The number of rotatable bonds is 21. The van der Waals surface area contributed by atoms with Crippen molar-refractivity contribution in [2.75, 3.05) is 13.2 Å². The first kappa shape index (κ1) is 42.2. The SMILES string of the molecule is CCCCC(CC)CC(CC(CC)CCCC)C(=O)O.CCCCOP(=O)(O)OCCCC.O=P(O)(O)O. The summed E-state index contributed by atoms with van der Waals surface area (Å²) in [6.45, 7) is 13.4. The number of carboxylic acid groups (broad SMARTS) is 1. The quantitative estimate of drug-likeness (QED) is 0.0657. The lowest BCUT2D eigenvalue weighted by molar-refractivity contribution is -0.143. The fraction of sp³-hybridized carbons (Fsp3) is 0.962. The first-order valence-corrected chi connectivity index (χ1v) is 17.4. The standard InChI is InChI=1S/C18H36O2.C8H19O4P.H3O4P/c1-5-9-11-15(7-3)13-17(18(19)20)14-16(8-4)12-10-6-2;1-3-5-7-11-13(9,10)12-8-6-4-2;1-5(2,3)4/h15-17H,5-14H2,1-4H3,(H,19,20);3-8H2,1-2H3,(H,9,10);(H3,1,2,3,4). The van der Waals surface area contributed by atoms with Crippen LogP contribution in [0.4, 0.5) is 0 Å². The van der Waals surface area contributed by atoms with E-state index in [9.17, 15) is 14.5 Å². The van der Waals surface area contributed by atoms with Crippen molar-refractivity contribution < 1.29 is 47.7 Å². The molecular weight excluding hydrogens is 534 g/mol. The van der Waals surface area contributed by atoms with Gasteiger partial charge in [0.15, 0.2) is 0 Å². The molecule has 5 N–H and O–H groups in total. The predicted octanol–water partition coefficient (Wildman–Crippen LogP) is 7.69. The fourth-order valence-corrected chi connectivity index (χ4v) is 4.55. The molecule has 0 radical (unpaired) electrons. The average Bonchev–Trinajstić information content (AvgIpc) is 2.82. The van der Waals surface area contributed by atoms with Crippen molar-refractivity contribution in [2.45, 2.75) is 131 Å². The lowest BCUT2D eigenvalue weighted by Crippen LogP contribution is -2.21. The molecule has 0 aliphatic rings. The molecular formula is C26H58O10P2. The van der Waals surface area contributed by atoms with Gasteiger partial charge in [-0.3, -0.25) is 13.8 Å². The summed E-state index contributed by atoms with van der Waals surface area (Å²) in [5.41, 5.74) is 0. The highest BCUT2D eigenvalue weighted by Crippen LogP contribution is 2.43. The maximum absolute atomic E-state index is 11.5. The average molecular weight is 593 g/mol. The molecule has 0 aromatic carbocycles. The van der Waals surface area contributed by atoms with Crippen molar-refractivity contribution in [3.8, 4) is 0 Å². The van der Waals surface area contributed by atoms with E-state index in [-0.39, 0.29) is 19.1 Å². The zero-order valence-corrected chi connectivity index (χ0v) is 26.5. The summed E-state index contributed by atoms with van der Waals surface area (Å²) in [5.74, 6) is 0.493. The summed E-state index contributed by atoms with van der Waals surface area (Å²) in [5, 5.41) is 9.51. The molecule has 0 aromatic heterocycles. The molecule has 0 bridgehead atoms. The van der Waals surface area contributed by atoms with Gasteiger partial charge in [0, 0.05) is 0 Å². The Morgan fingerprint density at radius 1 is 0.658 bits per heavy atom. The van der Waals surface area contributed by atoms with Crippen molar-refractivity contribution >= 4 is 21.6 Å². The van der Waals surface area contributed by atoms with E-state index in [1.165, 1.54) is 38.5 Å². The van der Waals surface area contributed by atoms with Crippen LogP contribution in [0, 0.1) is 17.8 Å². The number of phosphoric acid groups is 2. The summed E-state index contributed by atoms with van der Waals surface area (Å²) in [7, 11) is -8.39. The highest BCUT2D eigenvalue weighted by molar-refractivity contribution is 7.47. The zero-order valence-electron chi connectivity index (χ0n) is 24.7. The van der Waals surface area contributed by atoms with Gasteiger partial charge in [-0.15, -0.1) is 0 Å². The minimum atomic E-state index is -4.64. The third-order valence-corrected chi connectivity index (χ3v) is 7.19. The molecule has 38 heavy (non-hydrogen) atoms. The van der Waals surface area contributed by atoms with Gasteiger partial charge in [-0.25, -0.2) is 9.13 Å². The summed E-state index contributed by atoms with van der Waals surface area (Å²) in [4.78, 5) is 42.2. The number of aliphatic carboxylic acids is 1. The van der Waals surface area contributed by atoms with Gasteiger partial charge in [0.1, 0.15) is 0 Å². The van der Waals surface area contributed by atoms with Crippen molar-refractivity contribution in [1.82, 2.24) is 0 Å². The van der Waals surface area contributed by atoms with Gasteiger partial charge in [-0.2, -0.15) is 0 Å². The molecule has 12 heteroatoms. The van der Waals surface area contributed by atoms with E-state index in [1.807, 2.05) is 13.8 Å². The highest BCUT2D eigenvalue weighted by Gasteiger charge is 2.24. The Bertz CT molecular complexity index is 587. The van der Waals surface area contributed by atoms with E-state index in [0.717, 1.165) is 51.4 Å². The minimum Gasteiger partial charge on any atom is -0.481 e. The Labute approximate surface area is 231 Å². The molecule has 0 heterocycles. The van der Waals surface area contributed by atoms with E-state index in [1.54, 1.807) is 0 Å². The van der Waals surface area contributed by atoms with E-state index >= 15 is 0 Å². The van der Waals surface area contributed by atoms with Crippen LogP contribution in [0.15, 0.2) is 0 Å². The zero-order chi connectivity index (χ0) is 30.0. The van der Waals surface area contributed by atoms with Crippen LogP contribution in [0.2, 0.25) is 0 Å². The van der Waals surface area contributed by atoms with Crippen molar-refractivity contribution in [2.24, 2.45) is 17.8 Å². The molecule has 2 unspecified atom stereocenters. The Morgan fingerprint density at radius 3 is 1.21 bits per heavy atom. The van der Waals surface area contributed by atoms with E-state index in [2.05, 4.69) is 27.7 Å². The molecule has 10 nitrogen and oxygen atoms in total. The third kappa shape index (κ3) is 33.7. The second-order valence-electron chi connectivity index (χ2n) is 9.69. The van der Waals surface area contributed by atoms with Gasteiger partial charge in [0.25, 0.3) is 0 Å². The maximum atomic E-state index is 11.5. The molecule has 232 valence electrons. The van der Waals surface area contributed by atoms with Crippen LogP contribution in [0.1, 0.15) is 131 Å². The van der Waals surface area contributed by atoms with Crippen molar-refractivity contribution in [1.29, 1.82) is 0 Å². The summed E-state index contributed by atoms with van der Waals surface area (Å²) in [6.07, 6.45) is 14.7. The Morgan fingerprint density at radius 2 is 0.974 bits per heavy atom. The highest BCUT2D eigenvalue weighted by atomic mass is 31.2. The van der Waals surface area contributed by atoms with Crippen LogP contribution in [0.25, 0.3) is 0 Å². The number of hydrogen-bond acceptors (Lipinski definition) is 5. The predicted molar refractivity (Wildman–Crippen MR) is 153 cm³/mol. The molecule has 0 spiro atoms. The van der Waals surface area contributed by atoms with Gasteiger partial charge >= 0.3 is 21.6 Å². The van der Waals surface area contributed by atoms with Crippen LogP contribution in [-0.2, 0) is 23.0 Å². The number of carboxylic acids is 1. The maximum Gasteiger partial charge on any atom is 0.472 e. The Hall–Kier alpha value is -0.310. The van der Waals surface area contributed by atoms with Crippen LogP contribution in [0.3, 0.4) is 0 Å². The van der Waals surface area contributed by atoms with Gasteiger partial charge in [-0.1, -0.05) is 106 Å². The van der Waals surface area contributed by atoms with Crippen LogP contribution < -0.4 is 0 Å². The van der Waals surface area contributed by atoms with Crippen LogP contribution in [0.5, 0.6) is 0 Å². The topological polar surface area (TPSA) is 171 Å². The Kier molecular flexibility index (Phi) is 29.8. The monoisotopic (exact) mass is 592 g/mol. The fourth-order valence-electron chi connectivity index (χ4n) is 3.75. The largest absolute Gasteiger partial charge is 0.481 e. The van der Waals surface area contributed by atoms with Crippen molar-refractivity contribution in [3.63, 3.8) is 0 Å². The summed E-state index contributed by atoms with van der Waals surface area (Å²) >= 11 is 0. The lowest BCUT2D eigenvalue weighted by Gasteiger charge is -2.23. The number of phosphoric ester groups is 1. The normalized spacial score (nSPS) is 13.9. The summed E-state index contributed by atoms with van der Waals surface area (Å²) < 4.78 is 29.4. The Balaban J connectivity index is -0.000000580. The first-order chi connectivity index (χ1) is 17.7. The smallest absolute Gasteiger partial charge is 0.472 e. The van der Waals surface area contributed by atoms with Gasteiger partial charge in [-0.05, 0) is 37.5 Å². The minimum absolute atomic E-state index is 0.126. The van der Waals surface area contributed by atoms with E-state index < -0.39 is 21.6 Å². The number of hydrogen-bond donors (Lipinski definition) is 5.